The molecule has 10 nitrogen and oxygen atoms in total. The first-order chi connectivity index (χ1) is 18.3. The average Bonchev–Trinajstić information content (AvgIpc) is 3.59. The van der Waals surface area contributed by atoms with Gasteiger partial charge in [-0.25, -0.2) is 14.4 Å². The van der Waals surface area contributed by atoms with Crippen molar-refractivity contribution in [2.45, 2.75) is 32.0 Å². The van der Waals surface area contributed by atoms with Crippen LogP contribution in [0.2, 0.25) is 0 Å². The van der Waals surface area contributed by atoms with Gasteiger partial charge in [-0.2, -0.15) is 4.99 Å². The van der Waals surface area contributed by atoms with E-state index in [4.69, 9.17) is 22.7 Å². The number of amides is 1. The van der Waals surface area contributed by atoms with E-state index in [2.05, 4.69) is 10.3 Å². The molecule has 0 saturated carbocycles. The number of furan rings is 2. The van der Waals surface area contributed by atoms with E-state index in [0.717, 1.165) is 10.9 Å². The molecule has 10 heteroatoms. The number of nitrogens with zero attached hydrogens (tertiary/aromatic N) is 1. The Bertz CT molecular complexity index is 1540. The molecule has 1 aliphatic rings. The number of ether oxygens (including phenoxy) is 2. The molecule has 0 spiro atoms. The highest BCUT2D eigenvalue weighted by Gasteiger charge is 2.40. The maximum absolute atomic E-state index is 12.2. The molecule has 5 rings (SSSR count). The predicted molar refractivity (Wildman–Crippen MR) is 138 cm³/mol. The quantitative estimate of drug-likeness (QED) is 0.210. The van der Waals surface area contributed by atoms with Crippen LogP contribution >= 0.6 is 0 Å². The molecule has 38 heavy (non-hydrogen) atoms. The number of hydrogen-bond donors (Lipinski definition) is 1. The van der Waals surface area contributed by atoms with E-state index >= 15 is 0 Å². The van der Waals surface area contributed by atoms with Crippen molar-refractivity contribution in [3.63, 3.8) is 0 Å². The van der Waals surface area contributed by atoms with Gasteiger partial charge in [0.2, 0.25) is 6.08 Å². The lowest BCUT2D eigenvalue weighted by Gasteiger charge is -2.39. The number of nitrogens with one attached hydrogen (secondary N) is 1. The monoisotopic (exact) mass is 516 g/mol. The molecule has 1 aromatic carbocycles. The van der Waals surface area contributed by atoms with Gasteiger partial charge in [-0.15, -0.1) is 0 Å². The summed E-state index contributed by atoms with van der Waals surface area (Å²) in [6.45, 7) is 3.69. The summed E-state index contributed by atoms with van der Waals surface area (Å²) in [5.41, 5.74) is 0.174. The molecule has 0 radical (unpaired) electrons. The molecule has 1 N–H and O–H groups in total. The number of aliphatic imine (C=N–C) groups is 1. The topological polar surface area (TPSA) is 133 Å². The minimum absolute atomic E-state index is 0.414. The molecule has 0 fully saturated rings. The SMILES string of the molecule is CC1(C)Oc2cc3oc(=O)ccc3cc2C[C@H]1OC(=O)N/C=C/c1ccco1.O=C=N/C=C/c1ccco1. The normalized spacial score (nSPS) is 15.7. The van der Waals surface area contributed by atoms with Crippen molar-refractivity contribution in [1.29, 1.82) is 0 Å². The maximum atomic E-state index is 12.2. The first kappa shape index (κ1) is 26.0. The van der Waals surface area contributed by atoms with Gasteiger partial charge in [0.1, 0.15) is 34.6 Å². The summed E-state index contributed by atoms with van der Waals surface area (Å²) in [7, 11) is 0. The minimum Gasteiger partial charge on any atom is -0.484 e. The third-order valence-electron chi connectivity index (χ3n) is 5.51. The standard InChI is InChI=1S/C21H19NO6.C7H5NO2/c1-21(2)18(27-20(24)22-8-7-15-4-3-9-25-15)11-14-10-13-5-6-19(23)26-16(13)12-17(14)28-21;9-6-8-4-3-7-2-1-5-10-7/h3-10,12,18H,11H2,1-2H3,(H,22,24);1-5H/b8-7+;4-3+/t18-;/m1./s1. The predicted octanol–water partition coefficient (Wildman–Crippen LogP) is 5.45. The van der Waals surface area contributed by atoms with Gasteiger partial charge in [0.25, 0.3) is 0 Å². The molecule has 4 heterocycles. The third-order valence-corrected chi connectivity index (χ3v) is 5.51. The highest BCUT2D eigenvalue weighted by atomic mass is 16.6. The Morgan fingerprint density at radius 2 is 1.84 bits per heavy atom. The van der Waals surface area contributed by atoms with Crippen LogP contribution in [0.5, 0.6) is 5.75 Å². The minimum atomic E-state index is -0.752. The van der Waals surface area contributed by atoms with Crippen molar-refractivity contribution in [2.24, 2.45) is 4.99 Å². The van der Waals surface area contributed by atoms with Crippen molar-refractivity contribution in [2.75, 3.05) is 0 Å². The van der Waals surface area contributed by atoms with Crippen LogP contribution in [-0.4, -0.2) is 23.9 Å². The highest BCUT2D eigenvalue weighted by Crippen LogP contribution is 2.37. The zero-order chi connectivity index (χ0) is 27.0. The fraction of sp³-hybridized carbons (Fsp3) is 0.179. The second kappa shape index (κ2) is 11.8. The van der Waals surface area contributed by atoms with E-state index < -0.39 is 23.4 Å². The van der Waals surface area contributed by atoms with Gasteiger partial charge in [-0.1, -0.05) is 0 Å². The summed E-state index contributed by atoms with van der Waals surface area (Å²) in [5.74, 6) is 1.90. The summed E-state index contributed by atoms with van der Waals surface area (Å²) < 4.78 is 26.9. The molecule has 0 unspecified atom stereocenters. The summed E-state index contributed by atoms with van der Waals surface area (Å²) in [4.78, 5) is 36.4. The first-order valence-corrected chi connectivity index (χ1v) is 11.5. The molecule has 1 aliphatic heterocycles. The molecule has 4 aromatic rings. The number of carbonyl (C=O) groups is 1. The molecule has 0 bridgehead atoms. The zero-order valence-corrected chi connectivity index (χ0v) is 20.6. The maximum Gasteiger partial charge on any atom is 0.411 e. The van der Waals surface area contributed by atoms with Gasteiger partial charge in [0, 0.05) is 36.3 Å². The number of rotatable bonds is 5. The van der Waals surface area contributed by atoms with Crippen LogP contribution in [-0.2, 0) is 16.0 Å². The van der Waals surface area contributed by atoms with Crippen LogP contribution in [0, 0.1) is 0 Å². The number of fused-ring (bicyclic) bond motifs is 2. The van der Waals surface area contributed by atoms with Crippen molar-refractivity contribution < 1.29 is 32.3 Å². The van der Waals surface area contributed by atoms with Gasteiger partial charge >= 0.3 is 11.7 Å². The summed E-state index contributed by atoms with van der Waals surface area (Å²) in [5, 5.41) is 3.34. The van der Waals surface area contributed by atoms with Gasteiger partial charge in [0.05, 0.1) is 12.5 Å². The van der Waals surface area contributed by atoms with Crippen molar-refractivity contribution in [3.8, 4) is 5.75 Å². The Kier molecular flexibility index (Phi) is 8.05. The average molecular weight is 517 g/mol. The molecular weight excluding hydrogens is 492 g/mol. The molecule has 194 valence electrons. The van der Waals surface area contributed by atoms with Gasteiger partial charge in [-0.3, -0.25) is 5.32 Å². The van der Waals surface area contributed by atoms with Gasteiger partial charge in [0.15, 0.2) is 0 Å². The van der Waals surface area contributed by atoms with Gasteiger partial charge in [-0.05, 0) is 68.0 Å². The second-order valence-corrected chi connectivity index (χ2v) is 8.60. The van der Waals surface area contributed by atoms with Crippen LogP contribution in [0.3, 0.4) is 0 Å². The number of alkyl carbamates (subject to hydrolysis) is 1. The number of isocyanates is 1. The van der Waals surface area contributed by atoms with Crippen LogP contribution < -0.4 is 15.7 Å². The number of hydrogen-bond acceptors (Lipinski definition) is 9. The fourth-order valence-electron chi connectivity index (χ4n) is 3.65. The molecular formula is C28H24N2O8. The molecule has 0 saturated heterocycles. The Hall–Kier alpha value is -5.08. The largest absolute Gasteiger partial charge is 0.484 e. The second-order valence-electron chi connectivity index (χ2n) is 8.60. The van der Waals surface area contributed by atoms with Crippen molar-refractivity contribution >= 4 is 35.3 Å². The first-order valence-electron chi connectivity index (χ1n) is 11.5. The highest BCUT2D eigenvalue weighted by molar-refractivity contribution is 5.79. The van der Waals surface area contributed by atoms with E-state index in [9.17, 15) is 14.4 Å². The van der Waals surface area contributed by atoms with Crippen molar-refractivity contribution in [3.05, 3.63) is 101 Å². The van der Waals surface area contributed by atoms with Crippen LogP contribution in [0.1, 0.15) is 30.9 Å². The molecule has 0 aliphatic carbocycles. The zero-order valence-electron chi connectivity index (χ0n) is 20.6. The fourth-order valence-corrected chi connectivity index (χ4v) is 3.65. The van der Waals surface area contributed by atoms with Crippen molar-refractivity contribution in [1.82, 2.24) is 5.32 Å². The number of carbonyl (C=O) groups excluding carboxylic acids is 2. The summed E-state index contributed by atoms with van der Waals surface area (Å²) in [6.07, 6.45) is 9.85. The molecule has 3 aromatic heterocycles. The Morgan fingerprint density at radius 3 is 2.53 bits per heavy atom. The van der Waals surface area contributed by atoms with E-state index in [1.807, 2.05) is 19.9 Å². The van der Waals surface area contributed by atoms with E-state index in [1.165, 1.54) is 24.5 Å². The lowest BCUT2D eigenvalue weighted by Crippen LogP contribution is -2.49. The van der Waals surface area contributed by atoms with E-state index in [0.29, 0.717) is 29.3 Å². The molecule has 1 atom stereocenters. The summed E-state index contributed by atoms with van der Waals surface area (Å²) in [6, 6.07) is 13.7. The molecule has 1 amide bonds. The number of benzene rings is 1. The van der Waals surface area contributed by atoms with Gasteiger partial charge < -0.3 is 22.7 Å². The van der Waals surface area contributed by atoms with Crippen LogP contribution in [0.15, 0.2) is 96.5 Å². The van der Waals surface area contributed by atoms with Crippen LogP contribution in [0.25, 0.3) is 23.1 Å². The van der Waals surface area contributed by atoms with E-state index in [1.54, 1.807) is 61.1 Å². The summed E-state index contributed by atoms with van der Waals surface area (Å²) >= 11 is 0. The smallest absolute Gasteiger partial charge is 0.411 e. The third kappa shape index (κ3) is 6.77. The lowest BCUT2D eigenvalue weighted by atomic mass is 9.90. The Balaban J connectivity index is 0.000000283. The Morgan fingerprint density at radius 1 is 1.11 bits per heavy atom. The van der Waals surface area contributed by atoms with Crippen LogP contribution in [0.4, 0.5) is 4.79 Å². The van der Waals surface area contributed by atoms with E-state index in [-0.39, 0.29) is 0 Å². The lowest BCUT2D eigenvalue weighted by molar-refractivity contribution is -0.0486. The Labute approximate surface area is 216 Å².